The smallest absolute Gasteiger partial charge is 0.181 e. The largest absolute Gasteiger partial charge is 0.491 e. The van der Waals surface area contributed by atoms with Crippen molar-refractivity contribution in [2.75, 3.05) is 0 Å². The van der Waals surface area contributed by atoms with E-state index < -0.39 is 6.10 Å². The molecule has 1 unspecified atom stereocenters. The highest BCUT2D eigenvalue weighted by Gasteiger charge is 2.14. The highest BCUT2D eigenvalue weighted by molar-refractivity contribution is 7.10. The zero-order valence-electron chi connectivity index (χ0n) is 15.3. The Kier molecular flexibility index (Phi) is 4.63. The van der Waals surface area contributed by atoms with E-state index in [1.165, 1.54) is 11.3 Å². The second-order valence-electron chi connectivity index (χ2n) is 6.63. The number of aromatic amines is 1. The lowest BCUT2D eigenvalue weighted by Crippen LogP contribution is -2.05. The number of aromatic nitrogens is 4. The molecule has 27 heavy (non-hydrogen) atoms. The molecule has 0 radical (unpaired) electrons. The van der Waals surface area contributed by atoms with E-state index >= 15 is 0 Å². The third-order valence-electron chi connectivity index (χ3n) is 4.10. The third kappa shape index (κ3) is 3.56. The number of aliphatic hydroxyl groups is 1. The predicted molar refractivity (Wildman–Crippen MR) is 107 cm³/mol. The van der Waals surface area contributed by atoms with Crippen molar-refractivity contribution < 1.29 is 9.84 Å². The molecule has 0 amide bonds. The highest BCUT2D eigenvalue weighted by atomic mass is 32.1. The van der Waals surface area contributed by atoms with Crippen molar-refractivity contribution in [3.05, 3.63) is 46.8 Å². The summed E-state index contributed by atoms with van der Waals surface area (Å²) in [6, 6.07) is 9.64. The van der Waals surface area contributed by atoms with Gasteiger partial charge in [-0.25, -0.2) is 9.97 Å². The molecule has 138 valence electrons. The SMILES string of the molecule is CC(C)Oc1ccc2[nH]nc(-c3nccc(-c4csc(C(C)O)c4)n3)c2c1. The molecule has 0 aliphatic heterocycles. The minimum absolute atomic E-state index is 0.0964. The molecule has 0 aliphatic rings. The molecule has 1 aromatic carbocycles. The monoisotopic (exact) mass is 380 g/mol. The summed E-state index contributed by atoms with van der Waals surface area (Å²) < 4.78 is 5.80. The maximum absolute atomic E-state index is 9.75. The van der Waals surface area contributed by atoms with E-state index in [1.54, 1.807) is 13.1 Å². The molecule has 3 aromatic heterocycles. The number of fused-ring (bicyclic) bond motifs is 1. The van der Waals surface area contributed by atoms with E-state index in [0.717, 1.165) is 32.8 Å². The van der Waals surface area contributed by atoms with Crippen LogP contribution in [0, 0.1) is 0 Å². The Morgan fingerprint density at radius 2 is 2.00 bits per heavy atom. The van der Waals surface area contributed by atoms with Crippen LogP contribution in [0.15, 0.2) is 41.9 Å². The predicted octanol–water partition coefficient (Wildman–Crippen LogP) is 4.59. The molecule has 0 fully saturated rings. The Labute approximate surface area is 160 Å². The van der Waals surface area contributed by atoms with Crippen LogP contribution in [0.2, 0.25) is 0 Å². The van der Waals surface area contributed by atoms with Gasteiger partial charge in [-0.1, -0.05) is 0 Å². The number of aliphatic hydroxyl groups excluding tert-OH is 1. The molecule has 7 heteroatoms. The lowest BCUT2D eigenvalue weighted by Gasteiger charge is -2.09. The van der Waals surface area contributed by atoms with Crippen LogP contribution in [0.3, 0.4) is 0 Å². The van der Waals surface area contributed by atoms with Crippen molar-refractivity contribution >= 4 is 22.2 Å². The van der Waals surface area contributed by atoms with Gasteiger partial charge in [-0.05, 0) is 51.1 Å². The summed E-state index contributed by atoms with van der Waals surface area (Å²) in [6.07, 6.45) is 1.34. The van der Waals surface area contributed by atoms with Crippen LogP contribution >= 0.6 is 11.3 Å². The first kappa shape index (κ1) is 17.6. The summed E-state index contributed by atoms with van der Waals surface area (Å²) in [5.74, 6) is 1.33. The highest BCUT2D eigenvalue weighted by Crippen LogP contribution is 2.31. The molecule has 6 nitrogen and oxygen atoms in total. The second kappa shape index (κ2) is 7.09. The van der Waals surface area contributed by atoms with Crippen LogP contribution < -0.4 is 4.74 Å². The van der Waals surface area contributed by atoms with Crippen LogP contribution in [0.5, 0.6) is 5.75 Å². The topological polar surface area (TPSA) is 83.9 Å². The summed E-state index contributed by atoms with van der Waals surface area (Å²) in [5, 5.41) is 20.1. The Morgan fingerprint density at radius 1 is 1.15 bits per heavy atom. The van der Waals surface area contributed by atoms with Gasteiger partial charge in [-0.15, -0.1) is 11.3 Å². The van der Waals surface area contributed by atoms with Crippen molar-refractivity contribution in [1.82, 2.24) is 20.2 Å². The van der Waals surface area contributed by atoms with E-state index in [4.69, 9.17) is 4.74 Å². The van der Waals surface area contributed by atoms with Gasteiger partial charge in [0.25, 0.3) is 0 Å². The average Bonchev–Trinajstić information content (AvgIpc) is 3.28. The van der Waals surface area contributed by atoms with Gasteiger partial charge in [0.2, 0.25) is 0 Å². The van der Waals surface area contributed by atoms with Gasteiger partial charge >= 0.3 is 0 Å². The standard InChI is InChI=1S/C20H20N4O2S/c1-11(2)26-14-4-5-17-15(9-14)19(24-23-17)20-21-7-6-16(22-20)13-8-18(12(3)25)27-10-13/h4-12,25H,1-3H3,(H,23,24). The first-order chi connectivity index (χ1) is 13.0. The molecule has 0 saturated heterocycles. The normalized spacial score (nSPS) is 12.6. The fourth-order valence-corrected chi connectivity index (χ4v) is 3.69. The molecule has 0 bridgehead atoms. The summed E-state index contributed by atoms with van der Waals surface area (Å²) in [5.41, 5.74) is 3.35. The Morgan fingerprint density at radius 3 is 2.74 bits per heavy atom. The van der Waals surface area contributed by atoms with E-state index in [2.05, 4.69) is 20.2 Å². The van der Waals surface area contributed by atoms with Crippen LogP contribution in [-0.4, -0.2) is 31.4 Å². The minimum Gasteiger partial charge on any atom is -0.491 e. The van der Waals surface area contributed by atoms with Gasteiger partial charge in [0.15, 0.2) is 5.82 Å². The Bertz CT molecular complexity index is 1080. The van der Waals surface area contributed by atoms with E-state index in [0.29, 0.717) is 11.5 Å². The lowest BCUT2D eigenvalue weighted by atomic mass is 10.1. The zero-order valence-corrected chi connectivity index (χ0v) is 16.1. The molecule has 0 aliphatic carbocycles. The lowest BCUT2D eigenvalue weighted by molar-refractivity contribution is 0.203. The van der Waals surface area contributed by atoms with Crippen molar-refractivity contribution in [3.63, 3.8) is 0 Å². The molecule has 0 spiro atoms. The number of benzene rings is 1. The van der Waals surface area contributed by atoms with Crippen LogP contribution in [0.25, 0.3) is 33.7 Å². The van der Waals surface area contributed by atoms with Gasteiger partial charge in [0, 0.05) is 27.4 Å². The molecule has 1 atom stereocenters. The molecule has 2 N–H and O–H groups in total. The summed E-state index contributed by atoms with van der Waals surface area (Å²) >= 11 is 1.52. The molecule has 0 saturated carbocycles. The summed E-state index contributed by atoms with van der Waals surface area (Å²) in [4.78, 5) is 10.0. The maximum atomic E-state index is 9.75. The number of nitrogens with zero attached hydrogens (tertiary/aromatic N) is 3. The Hall–Kier alpha value is -2.77. The number of ether oxygens (including phenoxy) is 1. The quantitative estimate of drug-likeness (QED) is 0.529. The molecule has 4 rings (SSSR count). The number of hydrogen-bond acceptors (Lipinski definition) is 6. The molecular formula is C20H20N4O2S. The molecule has 3 heterocycles. The number of rotatable bonds is 5. The van der Waals surface area contributed by atoms with Gasteiger partial charge in [-0.2, -0.15) is 5.10 Å². The fraction of sp³-hybridized carbons (Fsp3) is 0.250. The first-order valence-electron chi connectivity index (χ1n) is 8.76. The van der Waals surface area contributed by atoms with E-state index in [1.807, 2.05) is 49.6 Å². The summed E-state index contributed by atoms with van der Waals surface area (Å²) in [6.45, 7) is 5.75. The van der Waals surface area contributed by atoms with E-state index in [9.17, 15) is 5.11 Å². The number of hydrogen-bond donors (Lipinski definition) is 2. The number of H-pyrrole nitrogens is 1. The minimum atomic E-state index is -0.486. The van der Waals surface area contributed by atoms with Crippen molar-refractivity contribution in [1.29, 1.82) is 0 Å². The van der Waals surface area contributed by atoms with Gasteiger partial charge in [0.1, 0.15) is 11.4 Å². The van der Waals surface area contributed by atoms with Crippen LogP contribution in [0.1, 0.15) is 31.8 Å². The molecular weight excluding hydrogens is 360 g/mol. The van der Waals surface area contributed by atoms with Crippen molar-refractivity contribution in [3.8, 4) is 28.5 Å². The number of nitrogens with one attached hydrogen (secondary N) is 1. The van der Waals surface area contributed by atoms with E-state index in [-0.39, 0.29) is 6.10 Å². The Balaban J connectivity index is 1.75. The van der Waals surface area contributed by atoms with Gasteiger partial charge in [0.05, 0.1) is 23.4 Å². The number of thiophene rings is 1. The maximum Gasteiger partial charge on any atom is 0.181 e. The van der Waals surface area contributed by atoms with Crippen LogP contribution in [-0.2, 0) is 0 Å². The van der Waals surface area contributed by atoms with Crippen LogP contribution in [0.4, 0.5) is 0 Å². The zero-order chi connectivity index (χ0) is 19.0. The third-order valence-corrected chi connectivity index (χ3v) is 5.20. The van der Waals surface area contributed by atoms with Crippen molar-refractivity contribution in [2.45, 2.75) is 33.0 Å². The second-order valence-corrected chi connectivity index (χ2v) is 7.57. The fourth-order valence-electron chi connectivity index (χ4n) is 2.85. The van der Waals surface area contributed by atoms with Gasteiger partial charge < -0.3 is 9.84 Å². The molecule has 4 aromatic rings. The van der Waals surface area contributed by atoms with Gasteiger partial charge in [-0.3, -0.25) is 5.10 Å². The first-order valence-corrected chi connectivity index (χ1v) is 9.64. The average molecular weight is 380 g/mol. The summed E-state index contributed by atoms with van der Waals surface area (Å²) in [7, 11) is 0. The van der Waals surface area contributed by atoms with Crippen molar-refractivity contribution in [2.24, 2.45) is 0 Å².